The fraction of sp³-hybridized carbons (Fsp3) is 0.571. The molecule has 1 heterocycles. The van der Waals surface area contributed by atoms with Crippen LogP contribution in [0.4, 0.5) is 5.69 Å². The lowest BCUT2D eigenvalue weighted by Gasteiger charge is -2.30. The molecular weight excluding hydrogens is 198 g/mol. The van der Waals surface area contributed by atoms with E-state index in [2.05, 4.69) is 30.0 Å². The lowest BCUT2D eigenvalue weighted by atomic mass is 10.1. The minimum atomic E-state index is 0.740. The van der Waals surface area contributed by atoms with E-state index in [0.29, 0.717) is 0 Å². The molecule has 16 heavy (non-hydrogen) atoms. The summed E-state index contributed by atoms with van der Waals surface area (Å²) in [5.41, 5.74) is 2.54. The summed E-state index contributed by atoms with van der Waals surface area (Å²) >= 11 is 0. The van der Waals surface area contributed by atoms with Crippen molar-refractivity contribution >= 4 is 5.69 Å². The van der Waals surface area contributed by atoms with Gasteiger partial charge in [0, 0.05) is 13.1 Å². The molecule has 2 rings (SSSR count). The molecule has 2 heteroatoms. The van der Waals surface area contributed by atoms with Crippen LogP contribution in [0, 0.1) is 6.92 Å². The summed E-state index contributed by atoms with van der Waals surface area (Å²) in [5, 5.41) is 0. The molecule has 0 saturated carbocycles. The molecule has 0 spiro atoms. The van der Waals surface area contributed by atoms with E-state index in [1.54, 1.807) is 0 Å². The lowest BCUT2D eigenvalue weighted by Crippen LogP contribution is -2.29. The molecule has 0 atom stereocenters. The van der Waals surface area contributed by atoms with Crippen LogP contribution in [-0.4, -0.2) is 19.7 Å². The van der Waals surface area contributed by atoms with Crippen molar-refractivity contribution in [3.8, 4) is 5.75 Å². The number of hydrogen-bond donors (Lipinski definition) is 0. The van der Waals surface area contributed by atoms with Crippen molar-refractivity contribution in [2.75, 3.05) is 24.6 Å². The molecule has 0 aliphatic carbocycles. The first-order chi connectivity index (χ1) is 7.81. The van der Waals surface area contributed by atoms with Gasteiger partial charge in [0.25, 0.3) is 0 Å². The molecule has 2 nitrogen and oxygen atoms in total. The topological polar surface area (TPSA) is 12.5 Å². The van der Waals surface area contributed by atoms with Crippen molar-refractivity contribution in [1.82, 2.24) is 0 Å². The Labute approximate surface area is 98.2 Å². The smallest absolute Gasteiger partial charge is 0.142 e. The Morgan fingerprint density at radius 3 is 2.62 bits per heavy atom. The standard InChI is InChI=1S/C14H21NO/c1-3-16-14-11-12(2)7-8-13(14)15-9-5-4-6-10-15/h7-8,11H,3-6,9-10H2,1-2H3. The lowest BCUT2D eigenvalue weighted by molar-refractivity contribution is 0.339. The number of piperidine rings is 1. The third-order valence-electron chi connectivity index (χ3n) is 3.11. The van der Waals surface area contributed by atoms with Gasteiger partial charge in [-0.3, -0.25) is 0 Å². The second kappa shape index (κ2) is 5.24. The van der Waals surface area contributed by atoms with E-state index in [4.69, 9.17) is 4.74 Å². The van der Waals surface area contributed by atoms with Crippen LogP contribution in [0.5, 0.6) is 5.75 Å². The summed E-state index contributed by atoms with van der Waals surface area (Å²) in [6.45, 7) is 7.24. The maximum atomic E-state index is 5.73. The van der Waals surface area contributed by atoms with Crippen molar-refractivity contribution in [3.05, 3.63) is 23.8 Å². The van der Waals surface area contributed by atoms with Crippen LogP contribution in [-0.2, 0) is 0 Å². The minimum absolute atomic E-state index is 0.740. The van der Waals surface area contributed by atoms with Gasteiger partial charge in [-0.2, -0.15) is 0 Å². The van der Waals surface area contributed by atoms with Crippen LogP contribution < -0.4 is 9.64 Å². The van der Waals surface area contributed by atoms with Crippen molar-refractivity contribution in [2.45, 2.75) is 33.1 Å². The monoisotopic (exact) mass is 219 g/mol. The van der Waals surface area contributed by atoms with Gasteiger partial charge in [0.2, 0.25) is 0 Å². The molecule has 1 aromatic carbocycles. The second-order valence-corrected chi connectivity index (χ2v) is 4.45. The van der Waals surface area contributed by atoms with Crippen LogP contribution in [0.25, 0.3) is 0 Å². The van der Waals surface area contributed by atoms with Gasteiger partial charge < -0.3 is 9.64 Å². The third kappa shape index (κ3) is 2.49. The molecule has 0 aromatic heterocycles. The van der Waals surface area contributed by atoms with E-state index in [9.17, 15) is 0 Å². The molecule has 88 valence electrons. The highest BCUT2D eigenvalue weighted by atomic mass is 16.5. The first-order valence-electron chi connectivity index (χ1n) is 6.29. The van der Waals surface area contributed by atoms with Crippen LogP contribution in [0.3, 0.4) is 0 Å². The Morgan fingerprint density at radius 2 is 1.94 bits per heavy atom. The summed E-state index contributed by atoms with van der Waals surface area (Å²) in [4.78, 5) is 2.45. The molecule has 0 bridgehead atoms. The van der Waals surface area contributed by atoms with Crippen LogP contribution >= 0.6 is 0 Å². The van der Waals surface area contributed by atoms with E-state index in [-0.39, 0.29) is 0 Å². The number of nitrogens with zero attached hydrogens (tertiary/aromatic N) is 1. The van der Waals surface area contributed by atoms with Crippen molar-refractivity contribution < 1.29 is 4.74 Å². The fourth-order valence-electron chi connectivity index (χ4n) is 2.29. The van der Waals surface area contributed by atoms with E-state index < -0.39 is 0 Å². The molecule has 1 saturated heterocycles. The SMILES string of the molecule is CCOc1cc(C)ccc1N1CCCCC1. The Kier molecular flexibility index (Phi) is 3.70. The van der Waals surface area contributed by atoms with Crippen molar-refractivity contribution in [1.29, 1.82) is 0 Å². The summed E-state index contributed by atoms with van der Waals surface area (Å²) in [6.07, 6.45) is 3.98. The number of ether oxygens (including phenoxy) is 1. The minimum Gasteiger partial charge on any atom is -0.492 e. The zero-order valence-electron chi connectivity index (χ0n) is 10.3. The average Bonchev–Trinajstić information content (AvgIpc) is 2.31. The van der Waals surface area contributed by atoms with E-state index >= 15 is 0 Å². The van der Waals surface area contributed by atoms with E-state index in [1.807, 2.05) is 6.92 Å². The largest absolute Gasteiger partial charge is 0.492 e. The molecule has 0 N–H and O–H groups in total. The zero-order valence-corrected chi connectivity index (χ0v) is 10.3. The van der Waals surface area contributed by atoms with Gasteiger partial charge in [0.1, 0.15) is 5.75 Å². The molecule has 1 aromatic rings. The van der Waals surface area contributed by atoms with Crippen molar-refractivity contribution in [3.63, 3.8) is 0 Å². The van der Waals surface area contributed by atoms with Gasteiger partial charge in [-0.1, -0.05) is 6.07 Å². The summed E-state index contributed by atoms with van der Waals surface area (Å²) in [5.74, 6) is 1.05. The molecule has 1 fully saturated rings. The Balaban J connectivity index is 2.23. The quantitative estimate of drug-likeness (QED) is 0.772. The highest BCUT2D eigenvalue weighted by molar-refractivity contribution is 5.59. The summed E-state index contributed by atoms with van der Waals surface area (Å²) < 4.78 is 5.73. The van der Waals surface area contributed by atoms with Crippen LogP contribution in [0.15, 0.2) is 18.2 Å². The summed E-state index contributed by atoms with van der Waals surface area (Å²) in [6, 6.07) is 6.52. The third-order valence-corrected chi connectivity index (χ3v) is 3.11. The Bertz CT molecular complexity index is 343. The highest BCUT2D eigenvalue weighted by Crippen LogP contribution is 2.31. The number of anilines is 1. The maximum absolute atomic E-state index is 5.73. The average molecular weight is 219 g/mol. The molecular formula is C14H21NO. The van der Waals surface area contributed by atoms with Crippen LogP contribution in [0.2, 0.25) is 0 Å². The molecule has 0 amide bonds. The van der Waals surface area contributed by atoms with Gasteiger partial charge in [0.15, 0.2) is 0 Å². The number of rotatable bonds is 3. The van der Waals surface area contributed by atoms with Crippen molar-refractivity contribution in [2.24, 2.45) is 0 Å². The summed E-state index contributed by atoms with van der Waals surface area (Å²) in [7, 11) is 0. The number of benzene rings is 1. The fourth-order valence-corrected chi connectivity index (χ4v) is 2.29. The first kappa shape index (κ1) is 11.3. The predicted octanol–water partition coefficient (Wildman–Crippen LogP) is 3.38. The Morgan fingerprint density at radius 1 is 1.19 bits per heavy atom. The van der Waals surface area contributed by atoms with Gasteiger partial charge in [-0.15, -0.1) is 0 Å². The predicted molar refractivity (Wildman–Crippen MR) is 68.4 cm³/mol. The molecule has 1 aliphatic rings. The number of hydrogen-bond acceptors (Lipinski definition) is 2. The Hall–Kier alpha value is -1.18. The maximum Gasteiger partial charge on any atom is 0.142 e. The van der Waals surface area contributed by atoms with Gasteiger partial charge >= 0.3 is 0 Å². The normalized spacial score (nSPS) is 16.2. The zero-order chi connectivity index (χ0) is 11.4. The van der Waals surface area contributed by atoms with Gasteiger partial charge in [0.05, 0.1) is 12.3 Å². The molecule has 1 aliphatic heterocycles. The van der Waals surface area contributed by atoms with E-state index in [1.165, 1.54) is 43.6 Å². The molecule has 0 unspecified atom stereocenters. The second-order valence-electron chi connectivity index (χ2n) is 4.45. The van der Waals surface area contributed by atoms with E-state index in [0.717, 1.165) is 12.4 Å². The highest BCUT2D eigenvalue weighted by Gasteiger charge is 2.14. The van der Waals surface area contributed by atoms with Gasteiger partial charge in [-0.05, 0) is 50.8 Å². The molecule has 0 radical (unpaired) electrons. The van der Waals surface area contributed by atoms with Gasteiger partial charge in [-0.25, -0.2) is 0 Å². The first-order valence-corrected chi connectivity index (χ1v) is 6.29. The van der Waals surface area contributed by atoms with Crippen LogP contribution in [0.1, 0.15) is 31.7 Å². The number of aryl methyl sites for hydroxylation is 1.